The van der Waals surface area contributed by atoms with Crippen LogP contribution in [0.1, 0.15) is 5.56 Å². The molecule has 0 aliphatic carbocycles. The van der Waals surface area contributed by atoms with Gasteiger partial charge in [-0.1, -0.05) is 43.0 Å². The van der Waals surface area contributed by atoms with Crippen LogP contribution in [-0.2, 0) is 19.1 Å². The van der Waals surface area contributed by atoms with Crippen molar-refractivity contribution in [1.29, 1.82) is 0 Å². The summed E-state index contributed by atoms with van der Waals surface area (Å²) in [5.41, 5.74) is 0.524. The summed E-state index contributed by atoms with van der Waals surface area (Å²) in [5.74, 6) is -1.62. The first-order valence-electron chi connectivity index (χ1n) is 6.85. The van der Waals surface area contributed by atoms with Crippen molar-refractivity contribution in [3.8, 4) is 0 Å². The molecule has 0 saturated carbocycles. The number of rotatable bonds is 6. The zero-order valence-electron chi connectivity index (χ0n) is 12.2. The number of carbonyl (C=O) groups excluding carboxylic acids is 2. The van der Waals surface area contributed by atoms with Gasteiger partial charge in [-0.2, -0.15) is 0 Å². The van der Waals surface area contributed by atoms with Gasteiger partial charge in [0.05, 0.1) is 5.57 Å². The van der Waals surface area contributed by atoms with Crippen molar-refractivity contribution < 1.29 is 29.3 Å². The van der Waals surface area contributed by atoms with Crippen molar-refractivity contribution in [2.45, 2.75) is 12.4 Å². The smallest absolute Gasteiger partial charge is 0.336 e. The minimum atomic E-state index is -1.58. The predicted molar refractivity (Wildman–Crippen MR) is 81.8 cm³/mol. The van der Waals surface area contributed by atoms with E-state index in [2.05, 4.69) is 11.3 Å². The average Bonchev–Trinajstić information content (AvgIpc) is 2.89. The Kier molecular flexibility index (Phi) is 5.46. The third kappa shape index (κ3) is 4.38. The fourth-order valence-electron chi connectivity index (χ4n) is 1.91. The molecule has 0 radical (unpaired) electrons. The molecule has 120 valence electrons. The first kappa shape index (κ1) is 16.7. The molecular formula is C17H16O6. The Morgan fingerprint density at radius 3 is 2.70 bits per heavy atom. The number of ether oxygens (including phenoxy) is 2. The van der Waals surface area contributed by atoms with Crippen LogP contribution in [0, 0.1) is 0 Å². The second kappa shape index (κ2) is 7.53. The fraction of sp³-hybridized carbons (Fsp3) is 0.176. The molecule has 0 fully saturated rings. The summed E-state index contributed by atoms with van der Waals surface area (Å²) in [6.07, 6.45) is 1.22. The van der Waals surface area contributed by atoms with Crippen molar-refractivity contribution >= 4 is 18.0 Å². The maximum Gasteiger partial charge on any atom is 0.336 e. The maximum atomic E-state index is 11.8. The summed E-state index contributed by atoms with van der Waals surface area (Å²) in [6.45, 7) is 3.42. The molecular weight excluding hydrogens is 300 g/mol. The number of cyclic esters (lactones) is 1. The van der Waals surface area contributed by atoms with Gasteiger partial charge in [-0.3, -0.25) is 0 Å². The molecule has 23 heavy (non-hydrogen) atoms. The molecule has 0 bridgehead atoms. The molecule has 1 aliphatic heterocycles. The third-order valence-corrected chi connectivity index (χ3v) is 3.13. The van der Waals surface area contributed by atoms with E-state index in [-0.39, 0.29) is 17.8 Å². The summed E-state index contributed by atoms with van der Waals surface area (Å²) >= 11 is 0. The van der Waals surface area contributed by atoms with E-state index >= 15 is 0 Å². The van der Waals surface area contributed by atoms with E-state index in [1.165, 1.54) is 0 Å². The normalized spacial score (nSPS) is 18.4. The van der Waals surface area contributed by atoms with E-state index in [1.807, 2.05) is 30.3 Å². The fourth-order valence-corrected chi connectivity index (χ4v) is 1.91. The van der Waals surface area contributed by atoms with Gasteiger partial charge in [-0.05, 0) is 11.6 Å². The Hall–Kier alpha value is -2.70. The van der Waals surface area contributed by atoms with Gasteiger partial charge in [-0.25, -0.2) is 9.59 Å². The number of esters is 2. The van der Waals surface area contributed by atoms with Crippen LogP contribution in [0.5, 0.6) is 0 Å². The Labute approximate surface area is 133 Å². The molecule has 0 spiro atoms. The molecule has 6 nitrogen and oxygen atoms in total. The Bertz CT molecular complexity index is 659. The van der Waals surface area contributed by atoms with Gasteiger partial charge in [0, 0.05) is 11.6 Å². The molecule has 0 amide bonds. The molecule has 2 unspecified atom stereocenters. The van der Waals surface area contributed by atoms with Gasteiger partial charge in [0.2, 0.25) is 6.29 Å². The molecule has 2 N–H and O–H groups in total. The van der Waals surface area contributed by atoms with Crippen molar-refractivity contribution in [1.82, 2.24) is 0 Å². The second-order valence-corrected chi connectivity index (χ2v) is 4.77. The topological polar surface area (TPSA) is 93.1 Å². The van der Waals surface area contributed by atoms with Crippen LogP contribution in [0.3, 0.4) is 0 Å². The van der Waals surface area contributed by atoms with Gasteiger partial charge >= 0.3 is 11.9 Å². The lowest BCUT2D eigenvalue weighted by Gasteiger charge is -2.15. The van der Waals surface area contributed by atoms with Crippen molar-refractivity contribution in [2.75, 3.05) is 6.61 Å². The van der Waals surface area contributed by atoms with Crippen LogP contribution in [-0.4, -0.2) is 41.2 Å². The first-order valence-corrected chi connectivity index (χ1v) is 6.85. The molecule has 2 atom stereocenters. The lowest BCUT2D eigenvalue weighted by Crippen LogP contribution is -2.26. The van der Waals surface area contributed by atoms with E-state index in [1.54, 1.807) is 12.2 Å². The lowest BCUT2D eigenvalue weighted by molar-refractivity contribution is -0.151. The number of aliphatic hydroxyl groups excluding tert-OH is 2. The Balaban J connectivity index is 1.86. The van der Waals surface area contributed by atoms with Gasteiger partial charge in [0.15, 0.2) is 0 Å². The van der Waals surface area contributed by atoms with Crippen LogP contribution in [0.4, 0.5) is 0 Å². The predicted octanol–water partition coefficient (Wildman–Crippen LogP) is 0.962. The van der Waals surface area contributed by atoms with Gasteiger partial charge in [-0.15, -0.1) is 0 Å². The average molecular weight is 316 g/mol. The number of hydrogen-bond donors (Lipinski definition) is 2. The van der Waals surface area contributed by atoms with Crippen LogP contribution < -0.4 is 0 Å². The Morgan fingerprint density at radius 1 is 1.39 bits per heavy atom. The summed E-state index contributed by atoms with van der Waals surface area (Å²) in [7, 11) is 0. The molecule has 2 rings (SSSR count). The zero-order chi connectivity index (χ0) is 16.8. The second-order valence-electron chi connectivity index (χ2n) is 4.77. The van der Waals surface area contributed by atoms with Crippen LogP contribution in [0.15, 0.2) is 60.2 Å². The molecule has 0 aromatic heterocycles. The Morgan fingerprint density at radius 2 is 2.09 bits per heavy atom. The van der Waals surface area contributed by atoms with Gasteiger partial charge in [0.1, 0.15) is 12.7 Å². The van der Waals surface area contributed by atoms with Crippen LogP contribution in [0.2, 0.25) is 0 Å². The largest absolute Gasteiger partial charge is 0.458 e. The first-order chi connectivity index (χ1) is 11.0. The molecule has 0 saturated heterocycles. The van der Waals surface area contributed by atoms with Crippen molar-refractivity contribution in [2.24, 2.45) is 0 Å². The SMILES string of the molecule is C=C(C(=O)OC/C=C/c1ccccc1)C(O)C1=CC(=O)OC1O. The number of aliphatic hydroxyl groups is 2. The lowest BCUT2D eigenvalue weighted by atomic mass is 10.0. The maximum absolute atomic E-state index is 11.8. The summed E-state index contributed by atoms with van der Waals surface area (Å²) in [6, 6.07) is 9.45. The van der Waals surface area contributed by atoms with E-state index < -0.39 is 24.3 Å². The van der Waals surface area contributed by atoms with Crippen LogP contribution in [0.25, 0.3) is 6.08 Å². The highest BCUT2D eigenvalue weighted by Crippen LogP contribution is 2.21. The number of carbonyl (C=O) groups is 2. The summed E-state index contributed by atoms with van der Waals surface area (Å²) in [5, 5.41) is 19.4. The van der Waals surface area contributed by atoms with E-state index in [0.29, 0.717) is 0 Å². The summed E-state index contributed by atoms with van der Waals surface area (Å²) in [4.78, 5) is 22.8. The number of hydrogen-bond acceptors (Lipinski definition) is 6. The highest BCUT2D eigenvalue weighted by atomic mass is 16.6. The van der Waals surface area contributed by atoms with Gasteiger partial charge < -0.3 is 19.7 Å². The van der Waals surface area contributed by atoms with Gasteiger partial charge in [0.25, 0.3) is 0 Å². The van der Waals surface area contributed by atoms with E-state index in [9.17, 15) is 19.8 Å². The number of benzene rings is 1. The third-order valence-electron chi connectivity index (χ3n) is 3.13. The standard InChI is InChI=1S/C17H16O6/c1-11(15(19)13-10-14(18)23-17(13)21)16(20)22-9-5-8-12-6-3-2-4-7-12/h2-8,10,15,17,19,21H,1,9H2/b8-5+. The van der Waals surface area contributed by atoms with Crippen molar-refractivity contribution in [3.05, 3.63) is 65.8 Å². The minimum absolute atomic E-state index is 0.00347. The quantitative estimate of drug-likeness (QED) is 0.600. The molecule has 1 aliphatic rings. The highest BCUT2D eigenvalue weighted by molar-refractivity contribution is 5.91. The van der Waals surface area contributed by atoms with E-state index in [0.717, 1.165) is 11.6 Å². The molecule has 1 aromatic rings. The zero-order valence-corrected chi connectivity index (χ0v) is 12.2. The molecule has 6 heteroatoms. The van der Waals surface area contributed by atoms with E-state index in [4.69, 9.17) is 4.74 Å². The van der Waals surface area contributed by atoms with Crippen LogP contribution >= 0.6 is 0 Å². The molecule has 1 heterocycles. The summed E-state index contributed by atoms with van der Waals surface area (Å²) < 4.78 is 9.38. The minimum Gasteiger partial charge on any atom is -0.458 e. The molecule has 1 aromatic carbocycles. The highest BCUT2D eigenvalue weighted by Gasteiger charge is 2.33. The van der Waals surface area contributed by atoms with Crippen molar-refractivity contribution in [3.63, 3.8) is 0 Å². The monoisotopic (exact) mass is 316 g/mol.